The second kappa shape index (κ2) is 5.77. The molecule has 1 aromatic carbocycles. The monoisotopic (exact) mass is 311 g/mol. The molecule has 1 heterocycles. The van der Waals surface area contributed by atoms with Gasteiger partial charge in [-0.3, -0.25) is 0 Å². The van der Waals surface area contributed by atoms with E-state index < -0.39 is 0 Å². The highest BCUT2D eigenvalue weighted by Gasteiger charge is 2.04. The van der Waals surface area contributed by atoms with Gasteiger partial charge in [-0.05, 0) is 33.6 Å². The number of hydrogen-bond donors (Lipinski definition) is 1. The second-order valence-electron chi connectivity index (χ2n) is 3.53. The smallest absolute Gasteiger partial charge is 0.232 e. The Morgan fingerprint density at radius 2 is 2.06 bits per heavy atom. The Balaban J connectivity index is 2.04. The summed E-state index contributed by atoms with van der Waals surface area (Å²) in [7, 11) is 1.54. The third-order valence-electron chi connectivity index (χ3n) is 2.27. The number of anilines is 1. The van der Waals surface area contributed by atoms with E-state index in [0.717, 1.165) is 5.56 Å². The van der Waals surface area contributed by atoms with E-state index in [-0.39, 0.29) is 5.82 Å². The predicted octanol–water partition coefficient (Wildman–Crippen LogP) is 3.00. The molecule has 2 aromatic rings. The molecule has 94 valence electrons. The summed E-state index contributed by atoms with van der Waals surface area (Å²) in [5.74, 6) is 0.672. The molecule has 0 aliphatic carbocycles. The Labute approximate surface area is 112 Å². The van der Waals surface area contributed by atoms with E-state index in [1.165, 1.54) is 19.2 Å². The number of ether oxygens (including phenoxy) is 1. The predicted molar refractivity (Wildman–Crippen MR) is 70.0 cm³/mol. The number of aromatic nitrogens is 2. The summed E-state index contributed by atoms with van der Waals surface area (Å²) in [4.78, 5) is 8.25. The van der Waals surface area contributed by atoms with E-state index in [0.29, 0.717) is 22.8 Å². The molecule has 0 atom stereocenters. The zero-order chi connectivity index (χ0) is 13.0. The molecule has 0 unspecified atom stereocenters. The highest BCUT2D eigenvalue weighted by molar-refractivity contribution is 9.10. The molecular formula is C12H11BrFN3O. The molecule has 6 heteroatoms. The van der Waals surface area contributed by atoms with Gasteiger partial charge in [-0.2, -0.15) is 4.98 Å². The average Bonchev–Trinajstić information content (AvgIpc) is 2.39. The maximum Gasteiger partial charge on any atom is 0.232 e. The van der Waals surface area contributed by atoms with E-state index in [2.05, 4.69) is 31.2 Å². The molecule has 1 aromatic heterocycles. The molecule has 0 saturated carbocycles. The van der Waals surface area contributed by atoms with E-state index in [1.54, 1.807) is 18.3 Å². The number of halogens is 2. The minimum Gasteiger partial charge on any atom is -0.480 e. The fraction of sp³-hybridized carbons (Fsp3) is 0.167. The normalized spacial score (nSPS) is 10.2. The Kier molecular flexibility index (Phi) is 4.09. The molecule has 2 rings (SSSR count). The van der Waals surface area contributed by atoms with Crippen molar-refractivity contribution < 1.29 is 9.13 Å². The van der Waals surface area contributed by atoms with Gasteiger partial charge >= 0.3 is 0 Å². The van der Waals surface area contributed by atoms with Crippen molar-refractivity contribution in [3.63, 3.8) is 0 Å². The van der Waals surface area contributed by atoms with Gasteiger partial charge in [-0.25, -0.2) is 9.37 Å². The summed E-state index contributed by atoms with van der Waals surface area (Å²) < 4.78 is 18.5. The summed E-state index contributed by atoms with van der Waals surface area (Å²) in [5, 5.41) is 3.04. The van der Waals surface area contributed by atoms with Crippen LogP contribution in [0.4, 0.5) is 10.3 Å². The fourth-order valence-electron chi connectivity index (χ4n) is 1.36. The van der Waals surface area contributed by atoms with Crippen LogP contribution < -0.4 is 10.1 Å². The van der Waals surface area contributed by atoms with Gasteiger partial charge in [-0.1, -0.05) is 12.1 Å². The van der Waals surface area contributed by atoms with Crippen molar-refractivity contribution in [1.29, 1.82) is 0 Å². The van der Waals surface area contributed by atoms with Gasteiger partial charge in [0.2, 0.25) is 11.8 Å². The largest absolute Gasteiger partial charge is 0.480 e. The van der Waals surface area contributed by atoms with E-state index >= 15 is 0 Å². The summed E-state index contributed by atoms with van der Waals surface area (Å²) in [6.07, 6.45) is 1.61. The molecule has 0 bridgehead atoms. The lowest BCUT2D eigenvalue weighted by molar-refractivity contribution is 0.394. The fourth-order valence-corrected chi connectivity index (χ4v) is 1.72. The lowest BCUT2D eigenvalue weighted by atomic mass is 10.2. The minimum atomic E-state index is -0.250. The zero-order valence-corrected chi connectivity index (χ0v) is 11.2. The molecule has 0 spiro atoms. The molecule has 0 fully saturated rings. The SMILES string of the molecule is COc1nc(NCc2ccc(F)cc2)ncc1Br. The van der Waals surface area contributed by atoms with Crippen molar-refractivity contribution in [3.8, 4) is 5.88 Å². The maximum absolute atomic E-state index is 12.7. The van der Waals surface area contributed by atoms with Gasteiger partial charge in [0, 0.05) is 6.54 Å². The average molecular weight is 312 g/mol. The van der Waals surface area contributed by atoms with Gasteiger partial charge in [-0.15, -0.1) is 0 Å². The van der Waals surface area contributed by atoms with Gasteiger partial charge in [0.1, 0.15) is 5.82 Å². The quantitative estimate of drug-likeness (QED) is 0.943. The summed E-state index contributed by atoms with van der Waals surface area (Å²) >= 11 is 3.28. The van der Waals surface area contributed by atoms with Crippen LogP contribution >= 0.6 is 15.9 Å². The first-order valence-corrected chi connectivity index (χ1v) is 6.03. The van der Waals surface area contributed by atoms with Crippen molar-refractivity contribution in [2.24, 2.45) is 0 Å². The Morgan fingerprint density at radius 1 is 1.33 bits per heavy atom. The minimum absolute atomic E-state index is 0.250. The van der Waals surface area contributed by atoms with Gasteiger partial charge in [0.15, 0.2) is 0 Å². The summed E-state index contributed by atoms with van der Waals surface area (Å²) in [5.41, 5.74) is 0.946. The zero-order valence-electron chi connectivity index (χ0n) is 9.65. The van der Waals surface area contributed by atoms with Crippen LogP contribution in [0.3, 0.4) is 0 Å². The van der Waals surface area contributed by atoms with E-state index in [4.69, 9.17) is 4.74 Å². The Bertz CT molecular complexity index is 533. The molecule has 18 heavy (non-hydrogen) atoms. The van der Waals surface area contributed by atoms with Gasteiger partial charge in [0.25, 0.3) is 0 Å². The number of hydrogen-bond acceptors (Lipinski definition) is 4. The summed E-state index contributed by atoms with van der Waals surface area (Å²) in [6.45, 7) is 0.519. The molecule has 0 amide bonds. The van der Waals surface area contributed by atoms with Crippen molar-refractivity contribution in [2.45, 2.75) is 6.54 Å². The topological polar surface area (TPSA) is 47.0 Å². The molecule has 1 N–H and O–H groups in total. The first-order chi connectivity index (χ1) is 8.69. The number of nitrogens with zero attached hydrogens (tertiary/aromatic N) is 2. The highest BCUT2D eigenvalue weighted by atomic mass is 79.9. The van der Waals surface area contributed by atoms with Crippen LogP contribution in [0.5, 0.6) is 5.88 Å². The van der Waals surface area contributed by atoms with E-state index in [1.807, 2.05) is 0 Å². The van der Waals surface area contributed by atoms with Crippen LogP contribution in [0.1, 0.15) is 5.56 Å². The van der Waals surface area contributed by atoms with Crippen molar-refractivity contribution in [2.75, 3.05) is 12.4 Å². The van der Waals surface area contributed by atoms with Crippen LogP contribution in [0.15, 0.2) is 34.9 Å². The summed E-state index contributed by atoms with van der Waals surface area (Å²) in [6, 6.07) is 6.25. The Morgan fingerprint density at radius 3 is 2.72 bits per heavy atom. The second-order valence-corrected chi connectivity index (χ2v) is 4.39. The van der Waals surface area contributed by atoms with Crippen LogP contribution in [-0.2, 0) is 6.54 Å². The number of nitrogens with one attached hydrogen (secondary N) is 1. The maximum atomic E-state index is 12.7. The van der Waals surface area contributed by atoms with Crippen LogP contribution in [-0.4, -0.2) is 17.1 Å². The third kappa shape index (κ3) is 3.16. The Hall–Kier alpha value is -1.69. The lowest BCUT2D eigenvalue weighted by Crippen LogP contribution is -2.04. The van der Waals surface area contributed by atoms with Crippen molar-refractivity contribution >= 4 is 21.9 Å². The van der Waals surface area contributed by atoms with Crippen LogP contribution in [0.2, 0.25) is 0 Å². The van der Waals surface area contributed by atoms with Crippen molar-refractivity contribution in [1.82, 2.24) is 9.97 Å². The van der Waals surface area contributed by atoms with Gasteiger partial charge in [0.05, 0.1) is 17.8 Å². The highest BCUT2D eigenvalue weighted by Crippen LogP contribution is 2.21. The van der Waals surface area contributed by atoms with Crippen molar-refractivity contribution in [3.05, 3.63) is 46.3 Å². The number of benzene rings is 1. The molecular weight excluding hydrogens is 301 g/mol. The molecule has 0 aliphatic heterocycles. The molecule has 4 nitrogen and oxygen atoms in total. The third-order valence-corrected chi connectivity index (χ3v) is 2.81. The molecule has 0 aliphatic rings. The number of rotatable bonds is 4. The standard InChI is InChI=1S/C12H11BrFN3O/c1-18-11-10(13)7-16-12(17-11)15-6-8-2-4-9(14)5-3-8/h2-5,7H,6H2,1H3,(H,15,16,17). The van der Waals surface area contributed by atoms with Crippen LogP contribution in [0, 0.1) is 5.82 Å². The van der Waals surface area contributed by atoms with Gasteiger partial charge < -0.3 is 10.1 Å². The molecule has 0 saturated heterocycles. The van der Waals surface area contributed by atoms with Crippen LogP contribution in [0.25, 0.3) is 0 Å². The first kappa shape index (κ1) is 12.8. The molecule has 0 radical (unpaired) electrons. The first-order valence-electron chi connectivity index (χ1n) is 5.24. The lowest BCUT2D eigenvalue weighted by Gasteiger charge is -2.07. The number of methoxy groups -OCH3 is 1. The van der Waals surface area contributed by atoms with E-state index in [9.17, 15) is 4.39 Å².